The molecule has 0 aliphatic rings. The number of carbonyl (C=O) groups excluding carboxylic acids is 1. The second kappa shape index (κ2) is 11.4. The van der Waals surface area contributed by atoms with Gasteiger partial charge in [0.2, 0.25) is 0 Å². The maximum atomic E-state index is 12.9. The van der Waals surface area contributed by atoms with E-state index in [1.54, 1.807) is 18.3 Å². The molecule has 1 amide bonds. The minimum Gasteiger partial charge on any atom is -0.508 e. The number of halogens is 1. The van der Waals surface area contributed by atoms with Crippen molar-refractivity contribution in [2.75, 3.05) is 0 Å². The number of fused-ring (bicyclic) bond motifs is 2. The number of nitrogens with one attached hydrogen (secondary N) is 2. The summed E-state index contributed by atoms with van der Waals surface area (Å²) in [5.41, 5.74) is 3.34. The molecule has 0 saturated heterocycles. The Morgan fingerprint density at radius 2 is 1.85 bits per heavy atom. The van der Waals surface area contributed by atoms with Gasteiger partial charge >= 0.3 is 11.6 Å². The third-order valence-corrected chi connectivity index (χ3v) is 7.32. The number of carboxylic acids is 1. The molecule has 3 aromatic carbocycles. The van der Waals surface area contributed by atoms with Gasteiger partial charge in [-0.2, -0.15) is 0 Å². The number of aromatic hydroxyl groups is 1. The van der Waals surface area contributed by atoms with Gasteiger partial charge in [0.15, 0.2) is 6.10 Å². The van der Waals surface area contributed by atoms with Gasteiger partial charge in [0.1, 0.15) is 23.1 Å². The largest absolute Gasteiger partial charge is 0.508 e. The normalized spacial score (nSPS) is 12.8. The van der Waals surface area contributed by atoms with Crippen LogP contribution in [0, 0.1) is 6.92 Å². The summed E-state index contributed by atoms with van der Waals surface area (Å²) >= 11 is 6.50. The van der Waals surface area contributed by atoms with E-state index in [0.29, 0.717) is 28.3 Å². The number of amides is 1. The van der Waals surface area contributed by atoms with Gasteiger partial charge in [0, 0.05) is 47.0 Å². The number of hydrogen-bond donors (Lipinski definition) is 4. The fourth-order valence-corrected chi connectivity index (χ4v) is 4.98. The molecule has 2 atom stereocenters. The summed E-state index contributed by atoms with van der Waals surface area (Å²) < 4.78 is 11.4. The van der Waals surface area contributed by atoms with Crippen molar-refractivity contribution >= 4 is 45.3 Å². The lowest BCUT2D eigenvalue weighted by Gasteiger charge is -2.20. The lowest BCUT2D eigenvalue weighted by molar-refractivity contribution is -0.142. The molecule has 5 rings (SSSR count). The van der Waals surface area contributed by atoms with Gasteiger partial charge in [-0.3, -0.25) is 4.79 Å². The predicted octanol–water partition coefficient (Wildman–Crippen LogP) is 5.11. The van der Waals surface area contributed by atoms with E-state index >= 15 is 0 Å². The van der Waals surface area contributed by atoms with Crippen LogP contribution in [0.5, 0.6) is 11.5 Å². The third kappa shape index (κ3) is 5.90. The number of phenolic OH excluding ortho intramolecular Hbond substituents is 1. The SMILES string of the molecule is Cc1c(Cc2ccccc2)c(=O)oc2cc(OC(C)C(=O)NC(Cc3c[nH]c4ccc(O)cc34)C(=O)O)c(Cl)cc12. The van der Waals surface area contributed by atoms with Gasteiger partial charge in [0.05, 0.1) is 5.02 Å². The van der Waals surface area contributed by atoms with Crippen molar-refractivity contribution in [2.45, 2.75) is 38.8 Å². The van der Waals surface area contributed by atoms with Crippen molar-refractivity contribution in [1.82, 2.24) is 10.3 Å². The summed E-state index contributed by atoms with van der Waals surface area (Å²) in [6, 6.07) is 16.1. The number of benzene rings is 3. The zero-order valence-corrected chi connectivity index (χ0v) is 23.0. The van der Waals surface area contributed by atoms with Crippen LogP contribution in [0.2, 0.25) is 5.02 Å². The van der Waals surface area contributed by atoms with Crippen molar-refractivity contribution in [1.29, 1.82) is 0 Å². The van der Waals surface area contributed by atoms with Crippen LogP contribution in [-0.2, 0) is 22.4 Å². The van der Waals surface area contributed by atoms with Crippen LogP contribution < -0.4 is 15.7 Å². The van der Waals surface area contributed by atoms with E-state index in [0.717, 1.165) is 16.6 Å². The number of carbonyl (C=O) groups is 2. The Labute approximate surface area is 239 Å². The average Bonchev–Trinajstić information content (AvgIpc) is 3.33. The summed E-state index contributed by atoms with van der Waals surface area (Å²) in [4.78, 5) is 40.8. The molecule has 2 aromatic heterocycles. The summed E-state index contributed by atoms with van der Waals surface area (Å²) in [5.74, 6) is -1.75. The van der Waals surface area contributed by atoms with E-state index in [-0.39, 0.29) is 28.5 Å². The molecule has 41 heavy (non-hydrogen) atoms. The number of aliphatic carboxylic acids is 1. The highest BCUT2D eigenvalue weighted by molar-refractivity contribution is 6.32. The fourth-order valence-electron chi connectivity index (χ4n) is 4.77. The number of carboxylic acid groups (broad SMARTS) is 1. The molecule has 0 fully saturated rings. The van der Waals surface area contributed by atoms with E-state index in [9.17, 15) is 24.6 Å². The van der Waals surface area contributed by atoms with Crippen LogP contribution in [-0.4, -0.2) is 39.2 Å². The van der Waals surface area contributed by atoms with Crippen LogP contribution in [0.4, 0.5) is 0 Å². The molecule has 9 nitrogen and oxygen atoms in total. The summed E-state index contributed by atoms with van der Waals surface area (Å²) in [6.07, 6.45) is 0.901. The molecule has 0 spiro atoms. The average molecular weight is 575 g/mol. The Balaban J connectivity index is 1.33. The minimum absolute atomic E-state index is 0.0241. The number of hydrogen-bond acceptors (Lipinski definition) is 6. The molecule has 0 aliphatic carbocycles. The zero-order chi connectivity index (χ0) is 29.3. The maximum absolute atomic E-state index is 12.9. The number of aryl methyl sites for hydroxylation is 1. The molecule has 2 unspecified atom stereocenters. The van der Waals surface area contributed by atoms with Crippen molar-refractivity contribution in [3.8, 4) is 11.5 Å². The van der Waals surface area contributed by atoms with Gasteiger partial charge in [-0.15, -0.1) is 0 Å². The summed E-state index contributed by atoms with van der Waals surface area (Å²) in [5, 5.41) is 23.6. The lowest BCUT2D eigenvalue weighted by Crippen LogP contribution is -2.47. The van der Waals surface area contributed by atoms with Gasteiger partial charge in [-0.25, -0.2) is 9.59 Å². The Kier molecular flexibility index (Phi) is 7.72. The van der Waals surface area contributed by atoms with Crippen LogP contribution in [0.1, 0.15) is 29.2 Å². The smallest absolute Gasteiger partial charge is 0.340 e. The first-order valence-electron chi connectivity index (χ1n) is 12.9. The second-order valence-corrected chi connectivity index (χ2v) is 10.2. The predicted molar refractivity (Wildman–Crippen MR) is 155 cm³/mol. The van der Waals surface area contributed by atoms with Gasteiger partial charge in [0.25, 0.3) is 5.91 Å². The second-order valence-electron chi connectivity index (χ2n) is 9.84. The Morgan fingerprint density at radius 1 is 1.10 bits per heavy atom. The number of ether oxygens (including phenoxy) is 1. The molecule has 0 radical (unpaired) electrons. The number of aromatic nitrogens is 1. The van der Waals surface area contributed by atoms with Crippen molar-refractivity contribution in [3.63, 3.8) is 0 Å². The molecule has 4 N–H and O–H groups in total. The first kappa shape index (κ1) is 27.8. The van der Waals surface area contributed by atoms with Crippen LogP contribution in [0.25, 0.3) is 21.9 Å². The molecule has 210 valence electrons. The van der Waals surface area contributed by atoms with E-state index in [1.807, 2.05) is 37.3 Å². The lowest BCUT2D eigenvalue weighted by atomic mass is 9.99. The van der Waals surface area contributed by atoms with Crippen LogP contribution >= 0.6 is 11.6 Å². The van der Waals surface area contributed by atoms with E-state index in [1.165, 1.54) is 25.1 Å². The minimum atomic E-state index is -1.26. The quantitative estimate of drug-likeness (QED) is 0.179. The number of aromatic amines is 1. The number of phenols is 1. The zero-order valence-electron chi connectivity index (χ0n) is 22.2. The van der Waals surface area contributed by atoms with Crippen LogP contribution in [0.3, 0.4) is 0 Å². The van der Waals surface area contributed by atoms with E-state index in [2.05, 4.69) is 10.3 Å². The van der Waals surface area contributed by atoms with Crippen molar-refractivity contribution in [3.05, 3.63) is 105 Å². The van der Waals surface area contributed by atoms with Crippen molar-refractivity contribution in [2.24, 2.45) is 0 Å². The molecule has 0 aliphatic heterocycles. The highest BCUT2D eigenvalue weighted by Gasteiger charge is 2.26. The Hall–Kier alpha value is -4.76. The van der Waals surface area contributed by atoms with E-state index < -0.39 is 29.6 Å². The molecule has 0 saturated carbocycles. The molecule has 2 heterocycles. The first-order chi connectivity index (χ1) is 19.6. The summed E-state index contributed by atoms with van der Waals surface area (Å²) in [7, 11) is 0. The third-order valence-electron chi connectivity index (χ3n) is 7.03. The fraction of sp³-hybridized carbons (Fsp3) is 0.194. The summed E-state index contributed by atoms with van der Waals surface area (Å²) in [6.45, 7) is 3.29. The van der Waals surface area contributed by atoms with Crippen molar-refractivity contribution < 1.29 is 29.0 Å². The Morgan fingerprint density at radius 3 is 2.59 bits per heavy atom. The highest BCUT2D eigenvalue weighted by Crippen LogP contribution is 2.33. The number of H-pyrrole nitrogens is 1. The van der Waals surface area contributed by atoms with Gasteiger partial charge in [-0.1, -0.05) is 41.9 Å². The molecular formula is C31H27ClN2O7. The molecule has 0 bridgehead atoms. The van der Waals surface area contributed by atoms with E-state index in [4.69, 9.17) is 20.8 Å². The molecule has 10 heteroatoms. The standard InChI is InChI=1S/C31H27ClN2O7/c1-16-21-13-24(32)28(14-27(21)41-31(39)22(16)10-18-6-4-3-5-7-18)40-17(2)29(36)34-26(30(37)38)11-19-15-33-25-9-8-20(35)12-23(19)25/h3-9,12-15,17,26,33,35H,10-11H2,1-2H3,(H,34,36)(H,37,38). The Bertz CT molecular complexity index is 1830. The highest BCUT2D eigenvalue weighted by atomic mass is 35.5. The number of rotatable bonds is 9. The first-order valence-corrected chi connectivity index (χ1v) is 13.3. The van der Waals surface area contributed by atoms with Gasteiger partial charge < -0.3 is 29.7 Å². The topological polar surface area (TPSA) is 142 Å². The molecule has 5 aromatic rings. The van der Waals surface area contributed by atoms with Crippen LogP contribution in [0.15, 0.2) is 76.1 Å². The molecular weight excluding hydrogens is 548 g/mol. The maximum Gasteiger partial charge on any atom is 0.340 e. The monoisotopic (exact) mass is 574 g/mol. The van der Waals surface area contributed by atoms with Gasteiger partial charge in [-0.05, 0) is 54.8 Å².